The lowest BCUT2D eigenvalue weighted by molar-refractivity contribution is -0.145. The Labute approximate surface area is 169 Å². The van der Waals surface area contributed by atoms with E-state index in [1.165, 1.54) is 4.90 Å². The molecule has 0 spiro atoms. The van der Waals surface area contributed by atoms with Crippen molar-refractivity contribution in [3.63, 3.8) is 0 Å². The molecule has 0 saturated heterocycles. The monoisotopic (exact) mass is 399 g/mol. The first-order valence-electron chi connectivity index (χ1n) is 8.84. The highest BCUT2D eigenvalue weighted by atomic mass is 35.5. The number of carbonyl (C=O) groups is 1. The first-order chi connectivity index (χ1) is 13.2. The van der Waals surface area contributed by atoms with Crippen molar-refractivity contribution in [1.82, 2.24) is 15.0 Å². The summed E-state index contributed by atoms with van der Waals surface area (Å²) >= 11 is 5.89. The van der Waals surface area contributed by atoms with E-state index in [1.54, 1.807) is 45.2 Å². The second-order valence-corrected chi connectivity index (χ2v) is 7.55. The Kier molecular flexibility index (Phi) is 5.70. The zero-order valence-corrected chi connectivity index (χ0v) is 17.0. The van der Waals surface area contributed by atoms with Gasteiger partial charge in [0.05, 0.1) is 6.54 Å². The van der Waals surface area contributed by atoms with Crippen LogP contribution in [0.4, 0.5) is 0 Å². The number of aryl methyl sites for hydroxylation is 1. The Bertz CT molecular complexity index is 967. The number of hydrogen-bond donors (Lipinski definition) is 0. The SMILES string of the molecule is Cc1cccc(-c2noc(CN(C)C(=O)C(C)(C)Oc3ccc(Cl)cc3)n2)c1. The van der Waals surface area contributed by atoms with E-state index in [-0.39, 0.29) is 12.5 Å². The van der Waals surface area contributed by atoms with Gasteiger partial charge in [0.15, 0.2) is 5.60 Å². The average Bonchev–Trinajstić information content (AvgIpc) is 3.11. The minimum absolute atomic E-state index is 0.186. The molecule has 7 heteroatoms. The summed E-state index contributed by atoms with van der Waals surface area (Å²) < 4.78 is 11.2. The lowest BCUT2D eigenvalue weighted by Crippen LogP contribution is -2.47. The smallest absolute Gasteiger partial charge is 0.266 e. The van der Waals surface area contributed by atoms with Crippen LogP contribution >= 0.6 is 11.6 Å². The molecule has 0 radical (unpaired) electrons. The minimum atomic E-state index is -1.07. The molecule has 1 amide bonds. The number of ether oxygens (including phenoxy) is 1. The van der Waals surface area contributed by atoms with Crippen molar-refractivity contribution in [2.24, 2.45) is 0 Å². The highest BCUT2D eigenvalue weighted by Gasteiger charge is 2.33. The highest BCUT2D eigenvalue weighted by molar-refractivity contribution is 6.30. The standard InChI is InChI=1S/C21H22ClN3O3/c1-14-6-5-7-15(12-14)19-23-18(28-24-19)13-25(4)20(26)21(2,3)27-17-10-8-16(22)9-11-17/h5-12H,13H2,1-4H3. The third kappa shape index (κ3) is 4.70. The van der Waals surface area contributed by atoms with E-state index < -0.39 is 5.60 Å². The van der Waals surface area contributed by atoms with Crippen molar-refractivity contribution >= 4 is 17.5 Å². The molecule has 0 atom stereocenters. The number of halogens is 1. The van der Waals surface area contributed by atoms with Gasteiger partial charge in [-0.05, 0) is 51.1 Å². The van der Waals surface area contributed by atoms with Gasteiger partial charge in [0, 0.05) is 17.6 Å². The summed E-state index contributed by atoms with van der Waals surface area (Å²) in [5.41, 5.74) is 0.912. The van der Waals surface area contributed by atoms with Gasteiger partial charge in [-0.25, -0.2) is 0 Å². The normalized spacial score (nSPS) is 11.3. The molecule has 146 valence electrons. The van der Waals surface area contributed by atoms with E-state index in [9.17, 15) is 4.79 Å². The summed E-state index contributed by atoms with van der Waals surface area (Å²) in [5.74, 6) is 1.21. The maximum atomic E-state index is 12.8. The zero-order valence-electron chi connectivity index (χ0n) is 16.3. The molecule has 0 saturated carbocycles. The number of nitrogens with zero attached hydrogens (tertiary/aromatic N) is 3. The van der Waals surface area contributed by atoms with E-state index in [1.807, 2.05) is 31.2 Å². The molecule has 28 heavy (non-hydrogen) atoms. The van der Waals surface area contributed by atoms with E-state index >= 15 is 0 Å². The van der Waals surface area contributed by atoms with Crippen LogP contribution in [0.2, 0.25) is 5.02 Å². The molecule has 0 aliphatic rings. The molecule has 0 aliphatic heterocycles. The molecule has 3 aromatic rings. The van der Waals surface area contributed by atoms with Gasteiger partial charge in [0.25, 0.3) is 5.91 Å². The molecular weight excluding hydrogens is 378 g/mol. The Morgan fingerprint density at radius 1 is 1.21 bits per heavy atom. The maximum Gasteiger partial charge on any atom is 0.266 e. The summed E-state index contributed by atoms with van der Waals surface area (Å²) in [7, 11) is 1.67. The van der Waals surface area contributed by atoms with Crippen molar-refractivity contribution < 1.29 is 14.1 Å². The summed E-state index contributed by atoms with van der Waals surface area (Å²) in [6.45, 7) is 5.61. The fourth-order valence-corrected chi connectivity index (χ4v) is 2.92. The molecule has 6 nitrogen and oxygen atoms in total. The Morgan fingerprint density at radius 3 is 2.61 bits per heavy atom. The second kappa shape index (κ2) is 8.02. The van der Waals surface area contributed by atoms with Crippen molar-refractivity contribution in [3.8, 4) is 17.1 Å². The van der Waals surface area contributed by atoms with Crippen LogP contribution in [-0.2, 0) is 11.3 Å². The molecule has 0 N–H and O–H groups in total. The summed E-state index contributed by atoms with van der Waals surface area (Å²) in [5, 5.41) is 4.62. The van der Waals surface area contributed by atoms with Crippen molar-refractivity contribution in [3.05, 3.63) is 65.0 Å². The first-order valence-corrected chi connectivity index (χ1v) is 9.22. The van der Waals surface area contributed by atoms with Gasteiger partial charge < -0.3 is 14.2 Å². The van der Waals surface area contributed by atoms with E-state index in [0.717, 1.165) is 11.1 Å². The van der Waals surface area contributed by atoms with Gasteiger partial charge in [-0.3, -0.25) is 4.79 Å². The Morgan fingerprint density at radius 2 is 1.93 bits per heavy atom. The molecule has 0 aliphatic carbocycles. The van der Waals surface area contributed by atoms with Crippen LogP contribution in [0.1, 0.15) is 25.3 Å². The van der Waals surface area contributed by atoms with Crippen LogP contribution in [0.25, 0.3) is 11.4 Å². The third-order valence-electron chi connectivity index (χ3n) is 4.17. The maximum absolute atomic E-state index is 12.8. The van der Waals surface area contributed by atoms with Crippen LogP contribution in [0.15, 0.2) is 53.1 Å². The van der Waals surface area contributed by atoms with Gasteiger partial charge in [-0.1, -0.05) is 40.5 Å². The number of rotatable bonds is 6. The quantitative estimate of drug-likeness (QED) is 0.609. The van der Waals surface area contributed by atoms with Gasteiger partial charge >= 0.3 is 0 Å². The predicted molar refractivity (Wildman–Crippen MR) is 107 cm³/mol. The molecule has 1 aromatic heterocycles. The Balaban J connectivity index is 1.67. The summed E-state index contributed by atoms with van der Waals surface area (Å²) in [6, 6.07) is 14.7. The number of hydrogen-bond acceptors (Lipinski definition) is 5. The van der Waals surface area contributed by atoms with Crippen LogP contribution < -0.4 is 4.74 Å². The first kappa shape index (κ1) is 19.9. The van der Waals surface area contributed by atoms with Crippen LogP contribution in [0.3, 0.4) is 0 Å². The van der Waals surface area contributed by atoms with Gasteiger partial charge in [0.1, 0.15) is 5.75 Å². The molecule has 0 fully saturated rings. The number of aromatic nitrogens is 2. The van der Waals surface area contributed by atoms with E-state index in [0.29, 0.717) is 22.5 Å². The Hall–Kier alpha value is -2.86. The predicted octanol–water partition coefficient (Wildman–Crippen LogP) is 4.51. The molecule has 2 aromatic carbocycles. The molecule has 1 heterocycles. The van der Waals surface area contributed by atoms with Crippen molar-refractivity contribution in [2.45, 2.75) is 32.9 Å². The van der Waals surface area contributed by atoms with Crippen LogP contribution in [0.5, 0.6) is 5.75 Å². The number of amides is 1. The highest BCUT2D eigenvalue weighted by Crippen LogP contribution is 2.23. The fourth-order valence-electron chi connectivity index (χ4n) is 2.80. The number of likely N-dealkylation sites (N-methyl/N-ethyl adjacent to an activating group) is 1. The minimum Gasteiger partial charge on any atom is -0.478 e. The zero-order chi connectivity index (χ0) is 20.3. The molecule has 3 rings (SSSR count). The topological polar surface area (TPSA) is 68.5 Å². The average molecular weight is 400 g/mol. The van der Waals surface area contributed by atoms with E-state index in [4.69, 9.17) is 20.9 Å². The number of benzene rings is 2. The van der Waals surface area contributed by atoms with Crippen molar-refractivity contribution in [1.29, 1.82) is 0 Å². The van der Waals surface area contributed by atoms with Gasteiger partial charge in [-0.15, -0.1) is 0 Å². The molecular formula is C21H22ClN3O3. The fraction of sp³-hybridized carbons (Fsp3) is 0.286. The van der Waals surface area contributed by atoms with Crippen molar-refractivity contribution in [2.75, 3.05) is 7.05 Å². The lowest BCUT2D eigenvalue weighted by Gasteiger charge is -2.29. The summed E-state index contributed by atoms with van der Waals surface area (Å²) in [4.78, 5) is 18.7. The third-order valence-corrected chi connectivity index (χ3v) is 4.42. The number of carbonyl (C=O) groups excluding carboxylic acids is 1. The largest absolute Gasteiger partial charge is 0.478 e. The van der Waals surface area contributed by atoms with E-state index in [2.05, 4.69) is 10.1 Å². The second-order valence-electron chi connectivity index (χ2n) is 7.11. The van der Waals surface area contributed by atoms with Crippen LogP contribution in [0, 0.1) is 6.92 Å². The van der Waals surface area contributed by atoms with Gasteiger partial charge in [0.2, 0.25) is 11.7 Å². The van der Waals surface area contributed by atoms with Crippen LogP contribution in [-0.4, -0.2) is 33.6 Å². The van der Waals surface area contributed by atoms with Gasteiger partial charge in [-0.2, -0.15) is 4.98 Å². The summed E-state index contributed by atoms with van der Waals surface area (Å²) in [6.07, 6.45) is 0. The lowest BCUT2D eigenvalue weighted by atomic mass is 10.1. The molecule has 0 unspecified atom stereocenters. The molecule has 0 bridgehead atoms.